The van der Waals surface area contributed by atoms with Crippen LogP contribution in [0.15, 0.2) is 0 Å². The molecule has 2 rings (SSSR count). The molecule has 0 aromatic carbocycles. The molecule has 1 amide bonds. The molecule has 2 fully saturated rings. The molecule has 4 nitrogen and oxygen atoms in total. The van der Waals surface area contributed by atoms with Crippen molar-refractivity contribution in [3.63, 3.8) is 0 Å². The lowest BCUT2D eigenvalue weighted by Gasteiger charge is -2.35. The number of amides is 1. The van der Waals surface area contributed by atoms with Gasteiger partial charge in [0.25, 0.3) is 0 Å². The monoisotopic (exact) mass is 336 g/mol. The Kier molecular flexibility index (Phi) is 7.61. The molecule has 138 valence electrons. The molecule has 2 aliphatic rings. The van der Waals surface area contributed by atoms with Crippen LogP contribution in [-0.4, -0.2) is 46.1 Å². The van der Waals surface area contributed by atoms with Crippen molar-refractivity contribution in [1.29, 1.82) is 0 Å². The molecule has 4 unspecified atom stereocenters. The summed E-state index contributed by atoms with van der Waals surface area (Å²) in [6.45, 7) is 10.1. The predicted octanol–water partition coefficient (Wildman–Crippen LogP) is 2.15. The lowest BCUT2D eigenvalue weighted by Crippen LogP contribution is -2.49. The summed E-state index contributed by atoms with van der Waals surface area (Å²) in [7, 11) is 2.41. The minimum atomic E-state index is -0.317. The van der Waals surface area contributed by atoms with Crippen LogP contribution in [0.3, 0.4) is 0 Å². The van der Waals surface area contributed by atoms with E-state index < -0.39 is 0 Å². The molecule has 1 saturated heterocycles. The third-order valence-corrected chi connectivity index (χ3v) is 6.58. The van der Waals surface area contributed by atoms with Gasteiger partial charge in [-0.3, -0.25) is 4.79 Å². The second-order valence-electron chi connectivity index (χ2n) is 8.69. The summed E-state index contributed by atoms with van der Waals surface area (Å²) in [6, 6.07) is 0. The molecule has 0 spiro atoms. The number of rotatable bonds is 3. The van der Waals surface area contributed by atoms with Crippen LogP contribution in [0.4, 0.5) is 0 Å². The van der Waals surface area contributed by atoms with E-state index in [1.165, 1.54) is 38.5 Å². The summed E-state index contributed by atoms with van der Waals surface area (Å²) >= 11 is 0. The first-order chi connectivity index (χ1) is 11.4. The molecule has 0 aromatic rings. The Morgan fingerprint density at radius 1 is 1.29 bits per heavy atom. The van der Waals surface area contributed by atoms with E-state index in [2.05, 4.69) is 39.3 Å². The van der Waals surface area contributed by atoms with Gasteiger partial charge < -0.3 is 15.4 Å². The number of morpholine rings is 1. The van der Waals surface area contributed by atoms with Gasteiger partial charge in [0.15, 0.2) is 0 Å². The molecule has 0 bridgehead atoms. The average molecular weight is 336 g/mol. The fourth-order valence-corrected chi connectivity index (χ4v) is 4.24. The van der Waals surface area contributed by atoms with Gasteiger partial charge in [0, 0.05) is 19.6 Å². The summed E-state index contributed by atoms with van der Waals surface area (Å²) < 4.78 is 5.56. The Hall–Kier alpha value is -0.545. The average Bonchev–Trinajstić information content (AvgIpc) is 2.59. The molecule has 1 heterocycles. The number of ether oxygens (including phenoxy) is 1. The number of carbonyl (C=O) groups excluding carboxylic acids is 1. The van der Waals surface area contributed by atoms with Gasteiger partial charge in [-0.1, -0.05) is 52.3 Å². The maximum absolute atomic E-state index is 12.3. The van der Waals surface area contributed by atoms with Gasteiger partial charge in [0.1, 0.15) is 14.0 Å². The first-order valence-corrected chi connectivity index (χ1v) is 10.0. The van der Waals surface area contributed by atoms with Crippen molar-refractivity contribution in [1.82, 2.24) is 10.6 Å². The summed E-state index contributed by atoms with van der Waals surface area (Å²) in [4.78, 5) is 12.3. The molecular formula is C19H37BN2O2. The molecule has 5 heteroatoms. The topological polar surface area (TPSA) is 50.4 Å². The van der Waals surface area contributed by atoms with E-state index in [-0.39, 0.29) is 17.4 Å². The fraction of sp³-hybridized carbons (Fsp3) is 0.947. The summed E-state index contributed by atoms with van der Waals surface area (Å²) in [5.74, 6) is 2.48. The van der Waals surface area contributed by atoms with E-state index in [1.807, 2.05) is 0 Å². The highest BCUT2D eigenvalue weighted by Gasteiger charge is 2.29. The second-order valence-corrected chi connectivity index (χ2v) is 8.69. The maximum Gasteiger partial charge on any atom is 0.250 e. The molecular weight excluding hydrogens is 299 g/mol. The molecule has 0 aromatic heterocycles. The molecule has 0 radical (unpaired) electrons. The molecule has 1 aliphatic carbocycles. The van der Waals surface area contributed by atoms with E-state index in [0.29, 0.717) is 13.2 Å². The van der Waals surface area contributed by atoms with Crippen molar-refractivity contribution >= 4 is 13.8 Å². The van der Waals surface area contributed by atoms with Crippen LogP contribution in [0.25, 0.3) is 0 Å². The molecule has 24 heavy (non-hydrogen) atoms. The highest BCUT2D eigenvalue weighted by molar-refractivity contribution is 6.11. The number of hydrogen-bond donors (Lipinski definition) is 2. The summed E-state index contributed by atoms with van der Waals surface area (Å²) in [6.07, 6.45) is 7.27. The van der Waals surface area contributed by atoms with Gasteiger partial charge in [0.2, 0.25) is 5.91 Å². The minimum absolute atomic E-state index is 0.0517. The number of carbonyl (C=O) groups is 1. The van der Waals surface area contributed by atoms with Gasteiger partial charge in [-0.2, -0.15) is 0 Å². The summed E-state index contributed by atoms with van der Waals surface area (Å²) in [5.41, 5.74) is 0.220. The van der Waals surface area contributed by atoms with Crippen molar-refractivity contribution in [3.8, 4) is 0 Å². The third kappa shape index (κ3) is 5.77. The van der Waals surface area contributed by atoms with Crippen LogP contribution in [0.2, 0.25) is 5.82 Å². The maximum atomic E-state index is 12.3. The van der Waals surface area contributed by atoms with E-state index in [0.717, 1.165) is 30.7 Å². The van der Waals surface area contributed by atoms with E-state index in [9.17, 15) is 4.79 Å². The van der Waals surface area contributed by atoms with Gasteiger partial charge in [-0.05, 0) is 30.1 Å². The van der Waals surface area contributed by atoms with Gasteiger partial charge in [0.05, 0.1) is 6.61 Å². The van der Waals surface area contributed by atoms with Crippen LogP contribution >= 0.6 is 0 Å². The molecule has 2 N–H and O–H groups in total. The van der Waals surface area contributed by atoms with E-state index >= 15 is 0 Å². The highest BCUT2D eigenvalue weighted by atomic mass is 16.5. The van der Waals surface area contributed by atoms with Crippen LogP contribution in [0.5, 0.6) is 0 Å². The van der Waals surface area contributed by atoms with Gasteiger partial charge in [-0.15, -0.1) is 0 Å². The molecule has 5 atom stereocenters. The largest absolute Gasteiger partial charge is 0.366 e. The Morgan fingerprint density at radius 2 is 2.00 bits per heavy atom. The highest BCUT2D eigenvalue weighted by Crippen LogP contribution is 2.38. The first-order valence-electron chi connectivity index (χ1n) is 10.0. The van der Waals surface area contributed by atoms with Gasteiger partial charge >= 0.3 is 0 Å². The third-order valence-electron chi connectivity index (χ3n) is 6.58. The number of nitrogens with one attached hydrogen (secondary N) is 2. The standard InChI is InChI=1S/C19H37BN2O2/c1-14-6-4-8-19(3,9-5-7-16(20)15(14)2)13-22-18(23)17-12-21-10-11-24-17/h14-17,21H,4-13,20H2,1-3H3,(H,22,23)/t14?,15?,16?,17-,19?/m1/s1. The Morgan fingerprint density at radius 3 is 2.67 bits per heavy atom. The van der Waals surface area contributed by atoms with E-state index in [4.69, 9.17) is 4.74 Å². The quantitative estimate of drug-likeness (QED) is 0.777. The molecule has 1 aliphatic heterocycles. The van der Waals surface area contributed by atoms with Gasteiger partial charge in [-0.25, -0.2) is 0 Å². The van der Waals surface area contributed by atoms with Crippen LogP contribution < -0.4 is 10.6 Å². The lowest BCUT2D eigenvalue weighted by molar-refractivity contribution is -0.134. The van der Waals surface area contributed by atoms with Crippen molar-refractivity contribution in [3.05, 3.63) is 0 Å². The normalized spacial score (nSPS) is 39.1. The smallest absolute Gasteiger partial charge is 0.250 e. The Bertz CT molecular complexity index is 383. The Labute approximate surface area is 149 Å². The van der Waals surface area contributed by atoms with Crippen molar-refractivity contribution in [2.24, 2.45) is 17.3 Å². The second kappa shape index (κ2) is 9.24. The Balaban J connectivity index is 1.85. The van der Waals surface area contributed by atoms with Crippen molar-refractivity contribution < 1.29 is 9.53 Å². The number of hydrogen-bond acceptors (Lipinski definition) is 3. The minimum Gasteiger partial charge on any atom is -0.366 e. The zero-order chi connectivity index (χ0) is 17.6. The van der Waals surface area contributed by atoms with E-state index in [1.54, 1.807) is 0 Å². The first kappa shape index (κ1) is 19.8. The SMILES string of the molecule is BC1CCCC(C)(CNC(=O)[C@H]2CNCCO2)CCCC(C)C1C. The molecule has 1 saturated carbocycles. The van der Waals surface area contributed by atoms with Crippen LogP contribution in [0, 0.1) is 17.3 Å². The zero-order valence-corrected chi connectivity index (χ0v) is 16.2. The lowest BCUT2D eigenvalue weighted by atomic mass is 9.66. The van der Waals surface area contributed by atoms with Crippen molar-refractivity contribution in [2.45, 2.75) is 71.2 Å². The zero-order valence-electron chi connectivity index (χ0n) is 16.2. The predicted molar refractivity (Wildman–Crippen MR) is 102 cm³/mol. The van der Waals surface area contributed by atoms with Crippen LogP contribution in [-0.2, 0) is 9.53 Å². The van der Waals surface area contributed by atoms with Crippen molar-refractivity contribution in [2.75, 3.05) is 26.2 Å². The summed E-state index contributed by atoms with van der Waals surface area (Å²) in [5, 5.41) is 6.40. The van der Waals surface area contributed by atoms with Crippen LogP contribution in [0.1, 0.15) is 59.3 Å². The fourth-order valence-electron chi connectivity index (χ4n) is 4.24.